The van der Waals surface area contributed by atoms with Gasteiger partial charge in [-0.05, 0) is 17.2 Å². The van der Waals surface area contributed by atoms with Crippen LogP contribution in [0.1, 0.15) is 16.8 Å². The SMILES string of the molecule is N#Cc1c(-c2ccccc2)cc(-c2ccccc2)nc1Cc1ccccc1. The van der Waals surface area contributed by atoms with Crippen molar-refractivity contribution in [3.63, 3.8) is 0 Å². The Labute approximate surface area is 159 Å². The Morgan fingerprint density at radius 1 is 0.704 bits per heavy atom. The molecule has 0 spiro atoms. The zero-order chi connectivity index (χ0) is 18.5. The van der Waals surface area contributed by atoms with E-state index in [2.05, 4.69) is 30.3 Å². The van der Waals surface area contributed by atoms with Crippen LogP contribution in [0.5, 0.6) is 0 Å². The van der Waals surface area contributed by atoms with E-state index in [9.17, 15) is 5.26 Å². The molecule has 1 aromatic heterocycles. The molecule has 4 aromatic rings. The number of rotatable bonds is 4. The van der Waals surface area contributed by atoms with Crippen LogP contribution >= 0.6 is 0 Å². The maximum absolute atomic E-state index is 9.91. The minimum Gasteiger partial charge on any atom is -0.251 e. The van der Waals surface area contributed by atoms with Crippen molar-refractivity contribution < 1.29 is 0 Å². The van der Waals surface area contributed by atoms with Gasteiger partial charge in [0, 0.05) is 17.5 Å². The van der Waals surface area contributed by atoms with Crippen molar-refractivity contribution in [3.8, 4) is 28.5 Å². The summed E-state index contributed by atoms with van der Waals surface area (Å²) in [7, 11) is 0. The van der Waals surface area contributed by atoms with E-state index in [-0.39, 0.29) is 0 Å². The van der Waals surface area contributed by atoms with E-state index in [0.717, 1.165) is 33.6 Å². The molecule has 0 saturated carbocycles. The highest BCUT2D eigenvalue weighted by atomic mass is 14.7. The van der Waals surface area contributed by atoms with Crippen molar-refractivity contribution in [2.24, 2.45) is 0 Å². The third-order valence-corrected chi connectivity index (χ3v) is 4.57. The van der Waals surface area contributed by atoms with E-state index in [1.165, 1.54) is 0 Å². The van der Waals surface area contributed by atoms with Crippen LogP contribution in [0.25, 0.3) is 22.4 Å². The second kappa shape index (κ2) is 7.68. The van der Waals surface area contributed by atoms with Crippen LogP contribution in [0, 0.1) is 11.3 Å². The van der Waals surface area contributed by atoms with E-state index in [4.69, 9.17) is 4.98 Å². The molecule has 0 N–H and O–H groups in total. The molecular formula is C25H18N2. The monoisotopic (exact) mass is 346 g/mol. The number of pyridine rings is 1. The number of nitrogens with zero attached hydrogens (tertiary/aromatic N) is 2. The van der Waals surface area contributed by atoms with Gasteiger partial charge in [0.25, 0.3) is 0 Å². The van der Waals surface area contributed by atoms with E-state index >= 15 is 0 Å². The van der Waals surface area contributed by atoms with Gasteiger partial charge in [0.2, 0.25) is 0 Å². The van der Waals surface area contributed by atoms with Crippen LogP contribution in [0.3, 0.4) is 0 Å². The third-order valence-electron chi connectivity index (χ3n) is 4.57. The van der Waals surface area contributed by atoms with E-state index in [0.29, 0.717) is 12.0 Å². The lowest BCUT2D eigenvalue weighted by Crippen LogP contribution is -2.01. The predicted octanol–water partition coefficient (Wildman–Crippen LogP) is 5.88. The van der Waals surface area contributed by atoms with Crippen LogP contribution in [-0.4, -0.2) is 4.98 Å². The number of aromatic nitrogens is 1. The lowest BCUT2D eigenvalue weighted by Gasteiger charge is -2.13. The molecule has 4 rings (SSSR count). The van der Waals surface area contributed by atoms with Crippen LogP contribution in [0.4, 0.5) is 0 Å². The number of hydrogen-bond acceptors (Lipinski definition) is 2. The first-order valence-corrected chi connectivity index (χ1v) is 8.94. The smallest absolute Gasteiger partial charge is 0.102 e. The molecule has 0 aliphatic heterocycles. The molecule has 27 heavy (non-hydrogen) atoms. The molecule has 0 atom stereocenters. The van der Waals surface area contributed by atoms with Crippen molar-refractivity contribution in [2.45, 2.75) is 6.42 Å². The van der Waals surface area contributed by atoms with Crippen molar-refractivity contribution >= 4 is 0 Å². The molecule has 0 radical (unpaired) electrons. The van der Waals surface area contributed by atoms with Gasteiger partial charge in [-0.25, -0.2) is 0 Å². The van der Waals surface area contributed by atoms with Crippen molar-refractivity contribution in [2.75, 3.05) is 0 Å². The van der Waals surface area contributed by atoms with E-state index in [1.54, 1.807) is 0 Å². The summed E-state index contributed by atoms with van der Waals surface area (Å²) in [6.45, 7) is 0. The highest BCUT2D eigenvalue weighted by Gasteiger charge is 2.15. The Bertz CT molecular complexity index is 1080. The molecule has 128 valence electrons. The Morgan fingerprint density at radius 3 is 1.85 bits per heavy atom. The fourth-order valence-electron chi connectivity index (χ4n) is 3.24. The second-order valence-electron chi connectivity index (χ2n) is 6.38. The number of nitriles is 1. The van der Waals surface area contributed by atoms with Gasteiger partial charge in [-0.15, -0.1) is 0 Å². The number of benzene rings is 3. The van der Waals surface area contributed by atoms with Gasteiger partial charge < -0.3 is 0 Å². The van der Waals surface area contributed by atoms with Gasteiger partial charge in [-0.1, -0.05) is 91.0 Å². The first kappa shape index (κ1) is 16.8. The number of hydrogen-bond donors (Lipinski definition) is 0. The summed E-state index contributed by atoms with van der Waals surface area (Å²) in [4.78, 5) is 4.87. The van der Waals surface area contributed by atoms with Gasteiger partial charge in [0.1, 0.15) is 6.07 Å². The standard InChI is InChI=1S/C25H18N2/c26-18-23-22(20-12-6-2-7-13-20)17-24(21-14-8-3-9-15-21)27-25(23)16-19-10-4-1-5-11-19/h1-15,17H,16H2. The fraction of sp³-hybridized carbons (Fsp3) is 0.0400. The Hall–Kier alpha value is -3.70. The zero-order valence-corrected chi connectivity index (χ0v) is 14.8. The highest BCUT2D eigenvalue weighted by Crippen LogP contribution is 2.31. The topological polar surface area (TPSA) is 36.7 Å². The largest absolute Gasteiger partial charge is 0.251 e. The molecule has 1 heterocycles. The molecule has 3 aromatic carbocycles. The normalized spacial score (nSPS) is 10.3. The van der Waals surface area contributed by atoms with Gasteiger partial charge >= 0.3 is 0 Å². The molecule has 0 aliphatic carbocycles. The fourth-order valence-corrected chi connectivity index (χ4v) is 3.24. The zero-order valence-electron chi connectivity index (χ0n) is 14.8. The Balaban J connectivity index is 1.92. The summed E-state index contributed by atoms with van der Waals surface area (Å²) >= 11 is 0. The van der Waals surface area contributed by atoms with E-state index < -0.39 is 0 Å². The summed E-state index contributed by atoms with van der Waals surface area (Å²) in [6.07, 6.45) is 0.629. The lowest BCUT2D eigenvalue weighted by atomic mass is 9.94. The first-order chi connectivity index (χ1) is 13.3. The first-order valence-electron chi connectivity index (χ1n) is 8.94. The van der Waals surface area contributed by atoms with Crippen LogP contribution < -0.4 is 0 Å². The Morgan fingerprint density at radius 2 is 1.26 bits per heavy atom. The van der Waals surface area contributed by atoms with Crippen molar-refractivity contribution in [3.05, 3.63) is 114 Å². The van der Waals surface area contributed by atoms with Crippen LogP contribution in [-0.2, 0) is 6.42 Å². The van der Waals surface area contributed by atoms with Gasteiger partial charge in [-0.2, -0.15) is 5.26 Å². The van der Waals surface area contributed by atoms with Crippen LogP contribution in [0.15, 0.2) is 97.1 Å². The molecule has 0 amide bonds. The summed E-state index contributed by atoms with van der Waals surface area (Å²) in [6, 6.07) is 34.8. The predicted molar refractivity (Wildman–Crippen MR) is 109 cm³/mol. The molecule has 0 unspecified atom stereocenters. The molecule has 0 aliphatic rings. The maximum atomic E-state index is 9.91. The minimum atomic E-state index is 0.629. The maximum Gasteiger partial charge on any atom is 0.102 e. The quantitative estimate of drug-likeness (QED) is 0.463. The van der Waals surface area contributed by atoms with Crippen LogP contribution in [0.2, 0.25) is 0 Å². The van der Waals surface area contributed by atoms with Crippen molar-refractivity contribution in [1.29, 1.82) is 5.26 Å². The lowest BCUT2D eigenvalue weighted by molar-refractivity contribution is 1.07. The molecule has 2 heteroatoms. The average Bonchev–Trinajstić information content (AvgIpc) is 2.75. The summed E-state index contributed by atoms with van der Waals surface area (Å²) < 4.78 is 0. The average molecular weight is 346 g/mol. The molecular weight excluding hydrogens is 328 g/mol. The third kappa shape index (κ3) is 3.63. The Kier molecular flexibility index (Phi) is 4.76. The van der Waals surface area contributed by atoms with Gasteiger partial charge in [-0.3, -0.25) is 4.98 Å². The summed E-state index contributed by atoms with van der Waals surface area (Å²) in [5.74, 6) is 0. The summed E-state index contributed by atoms with van der Waals surface area (Å²) in [5.41, 5.74) is 6.49. The molecule has 0 bridgehead atoms. The van der Waals surface area contributed by atoms with E-state index in [1.807, 2.05) is 72.8 Å². The van der Waals surface area contributed by atoms with Gasteiger partial charge in [0.05, 0.1) is 17.0 Å². The molecule has 0 fully saturated rings. The van der Waals surface area contributed by atoms with Gasteiger partial charge in [0.15, 0.2) is 0 Å². The van der Waals surface area contributed by atoms with Crippen molar-refractivity contribution in [1.82, 2.24) is 4.98 Å². The minimum absolute atomic E-state index is 0.629. The molecule has 0 saturated heterocycles. The summed E-state index contributed by atoms with van der Waals surface area (Å²) in [5, 5.41) is 9.91. The molecule has 2 nitrogen and oxygen atoms in total. The highest BCUT2D eigenvalue weighted by molar-refractivity contribution is 5.76. The second-order valence-corrected chi connectivity index (χ2v) is 6.38.